The Kier molecular flexibility index (Phi) is 9.52. The predicted molar refractivity (Wildman–Crippen MR) is 145 cm³/mol. The summed E-state index contributed by atoms with van der Waals surface area (Å²) in [6.07, 6.45) is -0.656. The summed E-state index contributed by atoms with van der Waals surface area (Å²) in [7, 11) is 0. The molecule has 0 fully saturated rings. The maximum Gasteiger partial charge on any atom is 0.422 e. The van der Waals surface area contributed by atoms with Gasteiger partial charge in [-0.25, -0.2) is 4.79 Å². The third-order valence-corrected chi connectivity index (χ3v) is 5.98. The van der Waals surface area contributed by atoms with E-state index in [9.17, 15) is 19.8 Å². The van der Waals surface area contributed by atoms with Crippen molar-refractivity contribution in [2.45, 2.75) is 32.2 Å². The Morgan fingerprint density at radius 1 is 0.667 bits per heavy atom. The Bertz CT molecular complexity index is 1350. The quantitative estimate of drug-likeness (QED) is 0.142. The first kappa shape index (κ1) is 27.2. The standard InChI is InChI=1S/C31H30N2O6/c34-28-17-16-26(19-29(28)35)18-27(30(36)38-21-24-12-6-2-7-13-24)33(20-23-10-4-1-5-11-23)32-31(37)39-22-25-14-8-3-9-15-25/h1-17,19,27,34-35H,18,20-22H2,(H,32,37). The second-order valence-electron chi connectivity index (χ2n) is 8.92. The minimum atomic E-state index is -0.984. The average Bonchev–Trinajstić information content (AvgIpc) is 2.97. The molecule has 3 N–H and O–H groups in total. The molecule has 0 aromatic heterocycles. The van der Waals surface area contributed by atoms with Crippen LogP contribution < -0.4 is 5.43 Å². The Morgan fingerprint density at radius 3 is 1.77 bits per heavy atom. The lowest BCUT2D eigenvalue weighted by molar-refractivity contribution is -0.153. The van der Waals surface area contributed by atoms with Gasteiger partial charge in [0, 0.05) is 13.0 Å². The van der Waals surface area contributed by atoms with Crippen LogP contribution in [0.2, 0.25) is 0 Å². The molecule has 0 spiro atoms. The number of hydrogen-bond acceptors (Lipinski definition) is 7. The summed E-state index contributed by atoms with van der Waals surface area (Å²) in [5.41, 5.74) is 5.76. The van der Waals surface area contributed by atoms with E-state index in [1.165, 1.54) is 17.1 Å². The number of nitrogens with one attached hydrogen (secondary N) is 1. The van der Waals surface area contributed by atoms with E-state index in [0.29, 0.717) is 5.56 Å². The number of carbonyl (C=O) groups excluding carboxylic acids is 2. The highest BCUT2D eigenvalue weighted by Gasteiger charge is 2.30. The molecule has 1 unspecified atom stereocenters. The molecule has 4 aromatic carbocycles. The zero-order valence-electron chi connectivity index (χ0n) is 21.3. The molecule has 1 amide bonds. The second kappa shape index (κ2) is 13.6. The number of phenolic OH excluding ortho intramolecular Hbond substituents is 2. The number of aromatic hydroxyl groups is 2. The number of ether oxygens (including phenoxy) is 2. The van der Waals surface area contributed by atoms with Crippen LogP contribution in [0.15, 0.2) is 109 Å². The van der Waals surface area contributed by atoms with Gasteiger partial charge in [-0.3, -0.25) is 10.2 Å². The molecule has 8 nitrogen and oxygen atoms in total. The minimum Gasteiger partial charge on any atom is -0.504 e. The highest BCUT2D eigenvalue weighted by molar-refractivity contribution is 5.77. The summed E-state index contributed by atoms with van der Waals surface area (Å²) in [4.78, 5) is 26.4. The lowest BCUT2D eigenvalue weighted by Gasteiger charge is -2.30. The largest absolute Gasteiger partial charge is 0.504 e. The second-order valence-corrected chi connectivity index (χ2v) is 8.92. The van der Waals surface area contributed by atoms with Gasteiger partial charge in [-0.05, 0) is 34.4 Å². The number of hydrogen-bond donors (Lipinski definition) is 3. The molecule has 200 valence electrons. The van der Waals surface area contributed by atoms with Gasteiger partial charge in [0.15, 0.2) is 11.5 Å². The van der Waals surface area contributed by atoms with Gasteiger partial charge in [-0.15, -0.1) is 0 Å². The molecule has 39 heavy (non-hydrogen) atoms. The van der Waals surface area contributed by atoms with Crippen LogP contribution in [0.5, 0.6) is 11.5 Å². The van der Waals surface area contributed by atoms with Crippen molar-refractivity contribution in [3.63, 3.8) is 0 Å². The van der Waals surface area contributed by atoms with Crippen LogP contribution >= 0.6 is 0 Å². The summed E-state index contributed by atoms with van der Waals surface area (Å²) >= 11 is 0. The summed E-state index contributed by atoms with van der Waals surface area (Å²) < 4.78 is 11.1. The smallest absolute Gasteiger partial charge is 0.422 e. The van der Waals surface area contributed by atoms with Crippen molar-refractivity contribution in [2.24, 2.45) is 0 Å². The van der Waals surface area contributed by atoms with Crippen LogP contribution in [0.4, 0.5) is 4.79 Å². The number of esters is 1. The maximum atomic E-state index is 13.5. The highest BCUT2D eigenvalue weighted by Crippen LogP contribution is 2.26. The van der Waals surface area contributed by atoms with E-state index >= 15 is 0 Å². The zero-order chi connectivity index (χ0) is 27.5. The highest BCUT2D eigenvalue weighted by atomic mass is 16.6. The van der Waals surface area contributed by atoms with Gasteiger partial charge in [-0.2, -0.15) is 5.01 Å². The molecule has 0 heterocycles. The zero-order valence-corrected chi connectivity index (χ0v) is 21.3. The van der Waals surface area contributed by atoms with Gasteiger partial charge in [0.2, 0.25) is 0 Å². The fourth-order valence-electron chi connectivity index (χ4n) is 3.95. The fraction of sp³-hybridized carbons (Fsp3) is 0.161. The van der Waals surface area contributed by atoms with E-state index in [0.717, 1.165) is 16.7 Å². The van der Waals surface area contributed by atoms with Crippen molar-refractivity contribution < 1.29 is 29.3 Å². The van der Waals surface area contributed by atoms with Gasteiger partial charge in [0.25, 0.3) is 0 Å². The first-order valence-electron chi connectivity index (χ1n) is 12.5. The van der Waals surface area contributed by atoms with Crippen LogP contribution in [0, 0.1) is 0 Å². The van der Waals surface area contributed by atoms with E-state index in [1.807, 2.05) is 91.0 Å². The number of phenols is 2. The minimum absolute atomic E-state index is 0.0502. The Hall–Kier alpha value is -4.82. The lowest BCUT2D eigenvalue weighted by Crippen LogP contribution is -2.52. The lowest BCUT2D eigenvalue weighted by atomic mass is 10.0. The molecule has 0 aliphatic rings. The van der Waals surface area contributed by atoms with Crippen molar-refractivity contribution >= 4 is 12.1 Å². The molecule has 4 aromatic rings. The SMILES string of the molecule is O=C(NN(Cc1ccccc1)C(Cc1ccc(O)c(O)c1)C(=O)OCc1ccccc1)OCc1ccccc1. The van der Waals surface area contributed by atoms with Gasteiger partial charge in [0.1, 0.15) is 19.3 Å². The predicted octanol–water partition coefficient (Wildman–Crippen LogP) is 5.10. The number of carbonyl (C=O) groups is 2. The molecular weight excluding hydrogens is 496 g/mol. The van der Waals surface area contributed by atoms with Crippen LogP contribution in [0.25, 0.3) is 0 Å². The summed E-state index contributed by atoms with van der Waals surface area (Å²) in [6.45, 7) is 0.284. The Morgan fingerprint density at radius 2 is 1.21 bits per heavy atom. The molecule has 1 atom stereocenters. The van der Waals surface area contributed by atoms with Gasteiger partial charge >= 0.3 is 12.1 Å². The van der Waals surface area contributed by atoms with Crippen molar-refractivity contribution in [1.29, 1.82) is 0 Å². The number of amides is 1. The van der Waals surface area contributed by atoms with Crippen molar-refractivity contribution in [1.82, 2.24) is 10.4 Å². The molecule has 8 heteroatoms. The van der Waals surface area contributed by atoms with Crippen molar-refractivity contribution in [3.8, 4) is 11.5 Å². The number of rotatable bonds is 11. The molecular formula is C31H30N2O6. The van der Waals surface area contributed by atoms with Crippen LogP contribution in [-0.2, 0) is 40.4 Å². The van der Waals surface area contributed by atoms with Crippen LogP contribution in [0.3, 0.4) is 0 Å². The third kappa shape index (κ3) is 8.34. The summed E-state index contributed by atoms with van der Waals surface area (Å²) in [6, 6.07) is 31.2. The Balaban J connectivity index is 1.58. The van der Waals surface area contributed by atoms with Crippen molar-refractivity contribution in [2.75, 3.05) is 0 Å². The van der Waals surface area contributed by atoms with Crippen molar-refractivity contribution in [3.05, 3.63) is 131 Å². The molecule has 0 saturated carbocycles. The van der Waals surface area contributed by atoms with Gasteiger partial charge < -0.3 is 19.7 Å². The van der Waals surface area contributed by atoms with Crippen LogP contribution in [-0.4, -0.2) is 33.3 Å². The average molecular weight is 527 g/mol. The summed E-state index contributed by atoms with van der Waals surface area (Å²) in [5, 5.41) is 21.3. The van der Waals surface area contributed by atoms with Gasteiger partial charge in [-0.1, -0.05) is 97.1 Å². The molecule has 0 saturated heterocycles. The topological polar surface area (TPSA) is 108 Å². The fourth-order valence-corrected chi connectivity index (χ4v) is 3.95. The third-order valence-electron chi connectivity index (χ3n) is 5.98. The Labute approximate surface area is 227 Å². The van der Waals surface area contributed by atoms with E-state index in [1.54, 1.807) is 6.07 Å². The molecule has 0 radical (unpaired) electrons. The number of benzene rings is 4. The normalized spacial score (nSPS) is 11.5. The molecule has 0 aliphatic carbocycles. The summed E-state index contributed by atoms with van der Waals surface area (Å²) in [5.74, 6) is -1.16. The molecule has 0 bridgehead atoms. The van der Waals surface area contributed by atoms with Crippen LogP contribution in [0.1, 0.15) is 22.3 Å². The monoisotopic (exact) mass is 526 g/mol. The van der Waals surface area contributed by atoms with E-state index < -0.39 is 18.1 Å². The van der Waals surface area contributed by atoms with E-state index in [4.69, 9.17) is 9.47 Å². The number of hydrazine groups is 1. The first-order chi connectivity index (χ1) is 19.0. The van der Waals surface area contributed by atoms with Gasteiger partial charge in [0.05, 0.1) is 0 Å². The maximum absolute atomic E-state index is 13.5. The van der Waals surface area contributed by atoms with E-state index in [2.05, 4.69) is 5.43 Å². The number of nitrogens with zero attached hydrogens (tertiary/aromatic N) is 1. The first-order valence-corrected chi connectivity index (χ1v) is 12.5. The van der Waals surface area contributed by atoms with E-state index in [-0.39, 0.29) is 37.7 Å². The molecule has 4 rings (SSSR count). The molecule has 0 aliphatic heterocycles.